The van der Waals surface area contributed by atoms with Crippen LogP contribution < -0.4 is 15.8 Å². The van der Waals surface area contributed by atoms with E-state index in [4.69, 9.17) is 10.5 Å². The van der Waals surface area contributed by atoms with E-state index in [9.17, 15) is 0 Å². The lowest BCUT2D eigenvalue weighted by molar-refractivity contribution is 0.397. The Hall–Kier alpha value is -2.14. The van der Waals surface area contributed by atoms with Crippen molar-refractivity contribution in [2.24, 2.45) is 5.73 Å². The molecule has 2 rings (SSSR count). The maximum atomic E-state index is 5.53. The average Bonchev–Trinajstić information content (AvgIpc) is 2.40. The maximum absolute atomic E-state index is 5.53. The molecule has 0 aliphatic rings. The van der Waals surface area contributed by atoms with Crippen LogP contribution in [0.2, 0.25) is 0 Å². The van der Waals surface area contributed by atoms with E-state index in [1.54, 1.807) is 13.2 Å². The Morgan fingerprint density at radius 3 is 2.65 bits per heavy atom. The van der Waals surface area contributed by atoms with Gasteiger partial charge in [-0.25, -0.2) is 9.97 Å². The smallest absolute Gasteiger partial charge is 0.218 e. The molecule has 3 N–H and O–H groups in total. The van der Waals surface area contributed by atoms with Gasteiger partial charge in [0.05, 0.1) is 7.11 Å². The summed E-state index contributed by atoms with van der Waals surface area (Å²) in [7, 11) is 1.57. The van der Waals surface area contributed by atoms with Crippen LogP contribution in [0.25, 0.3) is 0 Å². The summed E-state index contributed by atoms with van der Waals surface area (Å²) < 4.78 is 5.02. The number of ether oxygens (including phenoxy) is 1. The third kappa shape index (κ3) is 2.92. The minimum Gasteiger partial charge on any atom is -0.481 e. The van der Waals surface area contributed by atoms with E-state index < -0.39 is 0 Å². The highest BCUT2D eigenvalue weighted by Gasteiger charge is 1.99. The van der Waals surface area contributed by atoms with Crippen LogP contribution >= 0.6 is 0 Å². The van der Waals surface area contributed by atoms with Crippen molar-refractivity contribution in [3.8, 4) is 5.88 Å². The molecule has 1 aromatic heterocycles. The summed E-state index contributed by atoms with van der Waals surface area (Å²) >= 11 is 0. The van der Waals surface area contributed by atoms with Gasteiger partial charge in [0, 0.05) is 18.3 Å². The van der Waals surface area contributed by atoms with Crippen LogP contribution in [0.5, 0.6) is 5.88 Å². The molecule has 0 amide bonds. The monoisotopic (exact) mass is 230 g/mol. The molecule has 5 nitrogen and oxygen atoms in total. The van der Waals surface area contributed by atoms with Gasteiger partial charge in [0.1, 0.15) is 12.1 Å². The maximum Gasteiger partial charge on any atom is 0.218 e. The number of hydrogen-bond donors (Lipinski definition) is 2. The molecule has 0 saturated heterocycles. The highest BCUT2D eigenvalue weighted by atomic mass is 16.5. The minimum atomic E-state index is 0.529. The number of aromatic nitrogens is 2. The molecule has 0 saturated carbocycles. The lowest BCUT2D eigenvalue weighted by Crippen LogP contribution is -1.98. The Kier molecular flexibility index (Phi) is 3.52. The molecule has 0 bridgehead atoms. The van der Waals surface area contributed by atoms with Crippen molar-refractivity contribution in [3.63, 3.8) is 0 Å². The number of nitrogens with one attached hydrogen (secondary N) is 1. The Morgan fingerprint density at radius 2 is 2.00 bits per heavy atom. The molecule has 1 heterocycles. The molecule has 0 fully saturated rings. The molecular formula is C12H14N4O. The lowest BCUT2D eigenvalue weighted by Gasteiger charge is -2.06. The summed E-state index contributed by atoms with van der Waals surface area (Å²) in [5, 5.41) is 3.16. The molecule has 1 aromatic carbocycles. The molecule has 0 radical (unpaired) electrons. The van der Waals surface area contributed by atoms with E-state index in [0.717, 1.165) is 11.3 Å². The molecule has 2 aromatic rings. The first-order valence-electron chi connectivity index (χ1n) is 5.24. The van der Waals surface area contributed by atoms with Crippen LogP contribution in [0.15, 0.2) is 36.7 Å². The fraction of sp³-hybridized carbons (Fsp3) is 0.167. The van der Waals surface area contributed by atoms with Crippen LogP contribution in [-0.4, -0.2) is 17.1 Å². The second-order valence-electron chi connectivity index (χ2n) is 3.47. The van der Waals surface area contributed by atoms with Gasteiger partial charge in [-0.05, 0) is 17.7 Å². The summed E-state index contributed by atoms with van der Waals surface area (Å²) in [6.07, 6.45) is 1.45. The predicted molar refractivity (Wildman–Crippen MR) is 66.2 cm³/mol. The predicted octanol–water partition coefficient (Wildman–Crippen LogP) is 1.69. The van der Waals surface area contributed by atoms with E-state index in [1.807, 2.05) is 24.3 Å². The molecule has 0 atom stereocenters. The fourth-order valence-corrected chi connectivity index (χ4v) is 1.39. The van der Waals surface area contributed by atoms with E-state index >= 15 is 0 Å². The number of nitrogens with two attached hydrogens (primary N) is 1. The summed E-state index contributed by atoms with van der Waals surface area (Å²) in [6, 6.07) is 9.59. The summed E-state index contributed by atoms with van der Waals surface area (Å²) in [5.74, 6) is 1.22. The van der Waals surface area contributed by atoms with E-state index in [0.29, 0.717) is 18.2 Å². The summed E-state index contributed by atoms with van der Waals surface area (Å²) in [5.41, 5.74) is 7.57. The Morgan fingerprint density at radius 1 is 1.24 bits per heavy atom. The number of anilines is 2. The SMILES string of the molecule is COc1cc(Nc2ccc(CN)cc2)ncn1. The number of rotatable bonds is 4. The van der Waals surface area contributed by atoms with Crippen LogP contribution in [0.4, 0.5) is 11.5 Å². The first kappa shape index (κ1) is 11.3. The molecule has 0 spiro atoms. The molecule has 88 valence electrons. The molecule has 5 heteroatoms. The molecule has 17 heavy (non-hydrogen) atoms. The zero-order chi connectivity index (χ0) is 12.1. The van der Waals surface area contributed by atoms with Gasteiger partial charge in [-0.2, -0.15) is 0 Å². The van der Waals surface area contributed by atoms with Crippen LogP contribution in [0.3, 0.4) is 0 Å². The second-order valence-corrected chi connectivity index (χ2v) is 3.47. The number of methoxy groups -OCH3 is 1. The van der Waals surface area contributed by atoms with Crippen molar-refractivity contribution < 1.29 is 4.74 Å². The van der Waals surface area contributed by atoms with Gasteiger partial charge in [-0.3, -0.25) is 0 Å². The normalized spacial score (nSPS) is 10.0. The molecule has 0 aliphatic carbocycles. The third-order valence-corrected chi connectivity index (χ3v) is 2.31. The van der Waals surface area contributed by atoms with Gasteiger partial charge in [0.25, 0.3) is 0 Å². The standard InChI is InChI=1S/C12H14N4O/c1-17-12-6-11(14-8-15-12)16-10-4-2-9(7-13)3-5-10/h2-6,8H,7,13H2,1H3,(H,14,15,16). The number of nitrogens with zero attached hydrogens (tertiary/aromatic N) is 2. The van der Waals surface area contributed by atoms with Gasteiger partial charge in [-0.15, -0.1) is 0 Å². The van der Waals surface area contributed by atoms with Gasteiger partial charge < -0.3 is 15.8 Å². The Bertz CT molecular complexity index is 484. The Balaban J connectivity index is 2.13. The average molecular weight is 230 g/mol. The number of hydrogen-bond acceptors (Lipinski definition) is 5. The van der Waals surface area contributed by atoms with Crippen LogP contribution in [-0.2, 0) is 6.54 Å². The third-order valence-electron chi connectivity index (χ3n) is 2.31. The van der Waals surface area contributed by atoms with Crippen molar-refractivity contribution in [2.75, 3.05) is 12.4 Å². The first-order chi connectivity index (χ1) is 8.31. The number of benzene rings is 1. The minimum absolute atomic E-state index is 0.529. The van der Waals surface area contributed by atoms with Crippen molar-refractivity contribution in [3.05, 3.63) is 42.2 Å². The van der Waals surface area contributed by atoms with Crippen molar-refractivity contribution in [1.29, 1.82) is 0 Å². The molecule has 0 unspecified atom stereocenters. The fourth-order valence-electron chi connectivity index (χ4n) is 1.39. The van der Waals surface area contributed by atoms with Crippen LogP contribution in [0.1, 0.15) is 5.56 Å². The second kappa shape index (κ2) is 5.27. The first-order valence-corrected chi connectivity index (χ1v) is 5.24. The van der Waals surface area contributed by atoms with E-state index in [1.165, 1.54) is 6.33 Å². The van der Waals surface area contributed by atoms with Gasteiger partial charge in [0.2, 0.25) is 5.88 Å². The Labute approximate surface area is 99.7 Å². The highest BCUT2D eigenvalue weighted by Crippen LogP contribution is 2.17. The lowest BCUT2D eigenvalue weighted by atomic mass is 10.2. The van der Waals surface area contributed by atoms with Crippen molar-refractivity contribution >= 4 is 11.5 Å². The van der Waals surface area contributed by atoms with Gasteiger partial charge in [0.15, 0.2) is 0 Å². The van der Waals surface area contributed by atoms with Gasteiger partial charge >= 0.3 is 0 Å². The molecular weight excluding hydrogens is 216 g/mol. The van der Waals surface area contributed by atoms with Crippen molar-refractivity contribution in [2.45, 2.75) is 6.54 Å². The zero-order valence-corrected chi connectivity index (χ0v) is 9.55. The summed E-state index contributed by atoms with van der Waals surface area (Å²) in [4.78, 5) is 8.04. The van der Waals surface area contributed by atoms with Gasteiger partial charge in [-0.1, -0.05) is 12.1 Å². The van der Waals surface area contributed by atoms with Crippen molar-refractivity contribution in [1.82, 2.24) is 9.97 Å². The van der Waals surface area contributed by atoms with Crippen LogP contribution in [0, 0.1) is 0 Å². The summed E-state index contributed by atoms with van der Waals surface area (Å²) in [6.45, 7) is 0.543. The largest absolute Gasteiger partial charge is 0.481 e. The highest BCUT2D eigenvalue weighted by molar-refractivity contribution is 5.56. The van der Waals surface area contributed by atoms with E-state index in [-0.39, 0.29) is 0 Å². The topological polar surface area (TPSA) is 73.1 Å². The quantitative estimate of drug-likeness (QED) is 0.836. The zero-order valence-electron chi connectivity index (χ0n) is 9.55. The van der Waals surface area contributed by atoms with E-state index in [2.05, 4.69) is 15.3 Å². The molecule has 0 aliphatic heterocycles.